The van der Waals surface area contributed by atoms with Gasteiger partial charge < -0.3 is 4.57 Å². The fraction of sp³-hybridized carbons (Fsp3) is 0. The molecule has 2 heterocycles. The lowest BCUT2D eigenvalue weighted by Crippen LogP contribution is -1.97. The van der Waals surface area contributed by atoms with E-state index in [1.807, 2.05) is 48.8 Å². The molecule has 20 heavy (non-hydrogen) atoms. The van der Waals surface area contributed by atoms with Gasteiger partial charge in [-0.1, -0.05) is 15.9 Å². The Balaban J connectivity index is 1.91. The molecule has 0 saturated heterocycles. The van der Waals surface area contributed by atoms with Crippen LogP contribution in [0.1, 0.15) is 5.69 Å². The number of halogens is 1. The SMILES string of the molecule is Brc1ccc(-n2cccc2C=Nc2cccnc2)cc1. The van der Waals surface area contributed by atoms with Gasteiger partial charge >= 0.3 is 0 Å². The number of aliphatic imine (C=N–C) groups is 1. The average Bonchev–Trinajstić information content (AvgIpc) is 2.95. The first-order valence-corrected chi connectivity index (χ1v) is 6.99. The summed E-state index contributed by atoms with van der Waals surface area (Å²) in [5.41, 5.74) is 2.97. The van der Waals surface area contributed by atoms with Crippen molar-refractivity contribution >= 4 is 27.8 Å². The number of rotatable bonds is 3. The summed E-state index contributed by atoms with van der Waals surface area (Å²) >= 11 is 3.45. The zero-order chi connectivity index (χ0) is 13.8. The van der Waals surface area contributed by atoms with Crippen LogP contribution in [-0.2, 0) is 0 Å². The molecule has 3 nitrogen and oxygen atoms in total. The van der Waals surface area contributed by atoms with Gasteiger partial charge in [0.15, 0.2) is 0 Å². The molecule has 1 aromatic carbocycles. The Morgan fingerprint density at radius 1 is 1.05 bits per heavy atom. The maximum absolute atomic E-state index is 4.43. The molecule has 0 fully saturated rings. The Labute approximate surface area is 125 Å². The van der Waals surface area contributed by atoms with Crippen molar-refractivity contribution in [3.63, 3.8) is 0 Å². The largest absolute Gasteiger partial charge is 0.316 e. The standard InChI is InChI=1S/C16H12BrN3/c17-13-5-7-15(8-6-13)20-10-2-4-16(20)12-19-14-3-1-9-18-11-14/h1-12H. The van der Waals surface area contributed by atoms with Crippen LogP contribution < -0.4 is 0 Å². The number of hydrogen-bond donors (Lipinski definition) is 0. The summed E-state index contributed by atoms with van der Waals surface area (Å²) in [6.07, 6.45) is 7.35. The Bertz CT molecular complexity index is 715. The van der Waals surface area contributed by atoms with Gasteiger partial charge in [0.1, 0.15) is 0 Å². The predicted molar refractivity (Wildman–Crippen MR) is 85.0 cm³/mol. The van der Waals surface area contributed by atoms with Crippen molar-refractivity contribution in [3.05, 3.63) is 77.3 Å². The lowest BCUT2D eigenvalue weighted by Gasteiger charge is -2.06. The van der Waals surface area contributed by atoms with Crippen LogP contribution in [0.15, 0.2) is 76.6 Å². The van der Waals surface area contributed by atoms with Crippen molar-refractivity contribution in [2.75, 3.05) is 0 Å². The zero-order valence-corrected chi connectivity index (χ0v) is 12.2. The molecule has 0 atom stereocenters. The highest BCUT2D eigenvalue weighted by molar-refractivity contribution is 9.10. The van der Waals surface area contributed by atoms with Gasteiger partial charge in [0, 0.05) is 22.6 Å². The maximum Gasteiger partial charge on any atom is 0.0813 e. The number of nitrogens with zero attached hydrogens (tertiary/aromatic N) is 3. The fourth-order valence-electron chi connectivity index (χ4n) is 1.91. The van der Waals surface area contributed by atoms with Gasteiger partial charge in [-0.15, -0.1) is 0 Å². The molecule has 0 unspecified atom stereocenters. The molecule has 0 radical (unpaired) electrons. The second-order valence-corrected chi connectivity index (χ2v) is 5.16. The molecule has 0 aliphatic heterocycles. The van der Waals surface area contributed by atoms with Crippen LogP contribution in [0.4, 0.5) is 5.69 Å². The van der Waals surface area contributed by atoms with E-state index in [1.54, 1.807) is 12.4 Å². The quantitative estimate of drug-likeness (QED) is 0.657. The Kier molecular flexibility index (Phi) is 3.74. The van der Waals surface area contributed by atoms with Crippen molar-refractivity contribution in [3.8, 4) is 5.69 Å². The highest BCUT2D eigenvalue weighted by Gasteiger charge is 2.00. The monoisotopic (exact) mass is 325 g/mol. The predicted octanol–water partition coefficient (Wildman–Crippen LogP) is 4.39. The van der Waals surface area contributed by atoms with E-state index in [1.165, 1.54) is 0 Å². The van der Waals surface area contributed by atoms with Crippen LogP contribution in [0, 0.1) is 0 Å². The molecular formula is C16H12BrN3. The first-order chi connectivity index (χ1) is 9.83. The highest BCUT2D eigenvalue weighted by Crippen LogP contribution is 2.16. The molecule has 98 valence electrons. The Morgan fingerprint density at radius 2 is 1.90 bits per heavy atom. The summed E-state index contributed by atoms with van der Waals surface area (Å²) in [5, 5.41) is 0. The molecule has 0 amide bonds. The van der Waals surface area contributed by atoms with E-state index in [0.29, 0.717) is 0 Å². The second-order valence-electron chi connectivity index (χ2n) is 4.25. The summed E-state index contributed by atoms with van der Waals surface area (Å²) in [4.78, 5) is 8.48. The summed E-state index contributed by atoms with van der Waals surface area (Å²) in [5.74, 6) is 0. The lowest BCUT2D eigenvalue weighted by molar-refractivity contribution is 1.07. The third-order valence-electron chi connectivity index (χ3n) is 2.88. The van der Waals surface area contributed by atoms with E-state index in [-0.39, 0.29) is 0 Å². The van der Waals surface area contributed by atoms with Gasteiger partial charge in [0.2, 0.25) is 0 Å². The Morgan fingerprint density at radius 3 is 2.65 bits per heavy atom. The normalized spacial score (nSPS) is 11.1. The van der Waals surface area contributed by atoms with Crippen molar-refractivity contribution in [2.45, 2.75) is 0 Å². The third kappa shape index (κ3) is 2.86. The van der Waals surface area contributed by atoms with E-state index in [0.717, 1.165) is 21.5 Å². The zero-order valence-electron chi connectivity index (χ0n) is 10.6. The van der Waals surface area contributed by atoms with E-state index in [4.69, 9.17) is 0 Å². The second kappa shape index (κ2) is 5.84. The van der Waals surface area contributed by atoms with Crippen molar-refractivity contribution in [1.29, 1.82) is 0 Å². The molecule has 4 heteroatoms. The van der Waals surface area contributed by atoms with Crippen molar-refractivity contribution in [1.82, 2.24) is 9.55 Å². The summed E-state index contributed by atoms with van der Waals surface area (Å²) in [7, 11) is 0. The average molecular weight is 326 g/mol. The number of pyridine rings is 1. The van der Waals surface area contributed by atoms with E-state index in [9.17, 15) is 0 Å². The lowest BCUT2D eigenvalue weighted by atomic mass is 10.3. The van der Waals surface area contributed by atoms with Gasteiger partial charge in [-0.25, -0.2) is 0 Å². The van der Waals surface area contributed by atoms with Crippen LogP contribution in [0.3, 0.4) is 0 Å². The van der Waals surface area contributed by atoms with Crippen LogP contribution in [0.5, 0.6) is 0 Å². The summed E-state index contributed by atoms with van der Waals surface area (Å²) < 4.78 is 3.16. The van der Waals surface area contributed by atoms with Crippen molar-refractivity contribution < 1.29 is 0 Å². The van der Waals surface area contributed by atoms with E-state index < -0.39 is 0 Å². The Hall–Kier alpha value is -2.20. The van der Waals surface area contributed by atoms with Crippen LogP contribution in [-0.4, -0.2) is 15.8 Å². The first kappa shape index (κ1) is 12.8. The highest BCUT2D eigenvalue weighted by atomic mass is 79.9. The van der Waals surface area contributed by atoms with Gasteiger partial charge in [0.05, 0.1) is 23.8 Å². The summed E-state index contributed by atoms with van der Waals surface area (Å²) in [6.45, 7) is 0. The fourth-order valence-corrected chi connectivity index (χ4v) is 2.17. The van der Waals surface area contributed by atoms with Crippen LogP contribution in [0.25, 0.3) is 5.69 Å². The minimum Gasteiger partial charge on any atom is -0.316 e. The number of hydrogen-bond acceptors (Lipinski definition) is 2. The molecule has 3 aromatic rings. The smallest absolute Gasteiger partial charge is 0.0813 e. The number of aromatic nitrogens is 2. The maximum atomic E-state index is 4.43. The molecule has 3 rings (SSSR count). The van der Waals surface area contributed by atoms with Gasteiger partial charge in [-0.3, -0.25) is 9.98 Å². The van der Waals surface area contributed by atoms with E-state index >= 15 is 0 Å². The summed E-state index contributed by atoms with van der Waals surface area (Å²) in [6, 6.07) is 16.0. The minimum absolute atomic E-state index is 0.844. The molecule has 0 aliphatic carbocycles. The number of benzene rings is 1. The molecular weight excluding hydrogens is 314 g/mol. The first-order valence-electron chi connectivity index (χ1n) is 6.20. The minimum atomic E-state index is 0.844. The molecule has 0 bridgehead atoms. The van der Waals surface area contributed by atoms with Gasteiger partial charge in [-0.2, -0.15) is 0 Å². The van der Waals surface area contributed by atoms with Gasteiger partial charge in [-0.05, 0) is 48.5 Å². The van der Waals surface area contributed by atoms with Crippen LogP contribution >= 0.6 is 15.9 Å². The van der Waals surface area contributed by atoms with Crippen molar-refractivity contribution in [2.24, 2.45) is 4.99 Å². The molecule has 0 N–H and O–H groups in total. The molecule has 0 saturated carbocycles. The van der Waals surface area contributed by atoms with E-state index in [2.05, 4.69) is 42.6 Å². The molecule has 2 aromatic heterocycles. The third-order valence-corrected chi connectivity index (χ3v) is 3.41. The van der Waals surface area contributed by atoms with Gasteiger partial charge in [0.25, 0.3) is 0 Å². The topological polar surface area (TPSA) is 30.2 Å². The molecule has 0 spiro atoms. The molecule has 0 aliphatic rings. The van der Waals surface area contributed by atoms with Crippen LogP contribution in [0.2, 0.25) is 0 Å².